The first-order valence-electron chi connectivity index (χ1n) is 3.25. The van der Waals surface area contributed by atoms with E-state index in [0.717, 1.165) is 19.5 Å². The molecule has 1 rings (SSSR count). The van der Waals surface area contributed by atoms with Gasteiger partial charge in [-0.3, -0.25) is 0 Å². The molecule has 1 saturated heterocycles. The molecule has 1 fully saturated rings. The molecule has 0 aromatic carbocycles. The number of hydrogen-bond donors (Lipinski definition) is 1. The average Bonchev–Trinajstić information content (AvgIpc) is 2.34. The molecule has 1 N–H and O–H groups in total. The van der Waals surface area contributed by atoms with Crippen molar-refractivity contribution in [2.45, 2.75) is 12.8 Å². The van der Waals surface area contributed by atoms with E-state index in [2.05, 4.69) is 17.3 Å². The van der Waals surface area contributed by atoms with Gasteiger partial charge in [-0.05, 0) is 13.0 Å². The van der Waals surface area contributed by atoms with Crippen molar-refractivity contribution in [3.63, 3.8) is 0 Å². The first-order chi connectivity index (χ1) is 4.43. The number of rotatable bonds is 1. The van der Waals surface area contributed by atoms with Gasteiger partial charge >= 0.3 is 0 Å². The van der Waals surface area contributed by atoms with Crippen molar-refractivity contribution in [1.82, 2.24) is 5.32 Å². The van der Waals surface area contributed by atoms with Gasteiger partial charge < -0.3 is 5.32 Å². The van der Waals surface area contributed by atoms with Crippen LogP contribution in [0.2, 0.25) is 0 Å². The second-order valence-electron chi connectivity index (χ2n) is 2.20. The lowest BCUT2D eigenvalue weighted by Crippen LogP contribution is -2.04. The van der Waals surface area contributed by atoms with Gasteiger partial charge in [-0.1, -0.05) is 11.6 Å². The lowest BCUT2D eigenvalue weighted by Gasteiger charge is -1.88. The second kappa shape index (κ2) is 3.32. The van der Waals surface area contributed by atoms with E-state index in [1.54, 1.807) is 0 Å². The Balaban J connectivity index is 2.33. The molecule has 9 heavy (non-hydrogen) atoms. The van der Waals surface area contributed by atoms with Crippen LogP contribution in [0.4, 0.5) is 0 Å². The summed E-state index contributed by atoms with van der Waals surface area (Å²) < 4.78 is 0. The Morgan fingerprint density at radius 2 is 2.67 bits per heavy atom. The van der Waals surface area contributed by atoms with Crippen LogP contribution in [0, 0.1) is 12.3 Å². The van der Waals surface area contributed by atoms with Crippen LogP contribution in [-0.2, 0) is 0 Å². The van der Waals surface area contributed by atoms with Gasteiger partial charge in [0.1, 0.15) is 0 Å². The minimum atomic E-state index is 0.789. The summed E-state index contributed by atoms with van der Waals surface area (Å²) >= 11 is 0. The SMILES string of the molecule is C#CCC=C1CCNC1. The zero-order valence-corrected chi connectivity index (χ0v) is 5.48. The molecule has 0 unspecified atom stereocenters. The molecule has 0 aromatic heterocycles. The molecule has 0 saturated carbocycles. The van der Waals surface area contributed by atoms with E-state index in [1.807, 2.05) is 0 Å². The lowest BCUT2D eigenvalue weighted by molar-refractivity contribution is 0.862. The summed E-state index contributed by atoms with van der Waals surface area (Å²) in [6, 6.07) is 0. The fourth-order valence-corrected chi connectivity index (χ4v) is 0.964. The molecule has 1 heterocycles. The fourth-order valence-electron chi connectivity index (χ4n) is 0.964. The Hall–Kier alpha value is -0.740. The molecule has 0 atom stereocenters. The Labute approximate surface area is 56.1 Å². The highest BCUT2D eigenvalue weighted by atomic mass is 14.9. The number of allylic oxidation sites excluding steroid dienone is 1. The van der Waals surface area contributed by atoms with Crippen LogP contribution in [0.5, 0.6) is 0 Å². The van der Waals surface area contributed by atoms with Crippen molar-refractivity contribution in [3.8, 4) is 12.3 Å². The summed E-state index contributed by atoms with van der Waals surface area (Å²) in [6.45, 7) is 2.16. The average molecular weight is 121 g/mol. The highest BCUT2D eigenvalue weighted by Gasteiger charge is 2.02. The van der Waals surface area contributed by atoms with Crippen LogP contribution in [0.1, 0.15) is 12.8 Å². The zero-order chi connectivity index (χ0) is 6.53. The fraction of sp³-hybridized carbons (Fsp3) is 0.500. The van der Waals surface area contributed by atoms with E-state index >= 15 is 0 Å². The predicted molar refractivity (Wildman–Crippen MR) is 39.0 cm³/mol. The van der Waals surface area contributed by atoms with E-state index in [-0.39, 0.29) is 0 Å². The Morgan fingerprint density at radius 3 is 3.22 bits per heavy atom. The summed E-state index contributed by atoms with van der Waals surface area (Å²) in [4.78, 5) is 0. The van der Waals surface area contributed by atoms with Crippen LogP contribution in [0.3, 0.4) is 0 Å². The first kappa shape index (κ1) is 6.38. The maximum Gasteiger partial charge on any atom is 0.0270 e. The molecule has 0 bridgehead atoms. The Kier molecular flexibility index (Phi) is 2.35. The summed E-state index contributed by atoms with van der Waals surface area (Å²) in [6.07, 6.45) is 9.20. The third-order valence-corrected chi connectivity index (χ3v) is 1.48. The molecule has 0 radical (unpaired) electrons. The standard InChI is InChI=1S/C8H11N/c1-2-3-4-8-5-6-9-7-8/h1,4,9H,3,5-7H2. The van der Waals surface area contributed by atoms with E-state index in [4.69, 9.17) is 6.42 Å². The molecule has 1 aliphatic heterocycles. The van der Waals surface area contributed by atoms with Gasteiger partial charge in [-0.2, -0.15) is 0 Å². The van der Waals surface area contributed by atoms with Crippen LogP contribution >= 0.6 is 0 Å². The first-order valence-corrected chi connectivity index (χ1v) is 3.25. The van der Waals surface area contributed by atoms with Gasteiger partial charge in [0, 0.05) is 13.0 Å². The van der Waals surface area contributed by atoms with Gasteiger partial charge in [0.15, 0.2) is 0 Å². The maximum absolute atomic E-state index is 5.09. The molecule has 1 nitrogen and oxygen atoms in total. The van der Waals surface area contributed by atoms with E-state index in [9.17, 15) is 0 Å². The van der Waals surface area contributed by atoms with Crippen molar-refractivity contribution < 1.29 is 0 Å². The van der Waals surface area contributed by atoms with Crippen LogP contribution in [-0.4, -0.2) is 13.1 Å². The van der Waals surface area contributed by atoms with Crippen LogP contribution in [0.25, 0.3) is 0 Å². The van der Waals surface area contributed by atoms with Gasteiger partial charge in [0.25, 0.3) is 0 Å². The summed E-state index contributed by atoms with van der Waals surface area (Å²) in [5, 5.41) is 3.24. The van der Waals surface area contributed by atoms with Crippen LogP contribution < -0.4 is 5.32 Å². The number of terminal acetylenes is 1. The molecule has 0 aromatic rings. The van der Waals surface area contributed by atoms with Crippen molar-refractivity contribution in [1.29, 1.82) is 0 Å². The maximum atomic E-state index is 5.09. The molecule has 1 aliphatic rings. The largest absolute Gasteiger partial charge is 0.313 e. The molecular weight excluding hydrogens is 110 g/mol. The van der Waals surface area contributed by atoms with E-state index in [0.29, 0.717) is 0 Å². The third kappa shape index (κ3) is 1.91. The van der Waals surface area contributed by atoms with Gasteiger partial charge in [-0.15, -0.1) is 12.3 Å². The zero-order valence-electron chi connectivity index (χ0n) is 5.48. The van der Waals surface area contributed by atoms with Crippen molar-refractivity contribution in [2.75, 3.05) is 13.1 Å². The minimum Gasteiger partial charge on any atom is -0.313 e. The highest BCUT2D eigenvalue weighted by Crippen LogP contribution is 2.05. The smallest absolute Gasteiger partial charge is 0.0270 e. The van der Waals surface area contributed by atoms with E-state index in [1.165, 1.54) is 12.0 Å². The summed E-state index contributed by atoms with van der Waals surface area (Å²) in [7, 11) is 0. The van der Waals surface area contributed by atoms with Crippen molar-refractivity contribution in [3.05, 3.63) is 11.6 Å². The Bertz CT molecular complexity index is 142. The van der Waals surface area contributed by atoms with Crippen molar-refractivity contribution >= 4 is 0 Å². The third-order valence-electron chi connectivity index (χ3n) is 1.48. The highest BCUT2D eigenvalue weighted by molar-refractivity contribution is 5.11. The number of hydrogen-bond acceptors (Lipinski definition) is 1. The van der Waals surface area contributed by atoms with Gasteiger partial charge in [-0.25, -0.2) is 0 Å². The predicted octanol–water partition coefficient (Wildman–Crippen LogP) is 0.929. The Morgan fingerprint density at radius 1 is 1.78 bits per heavy atom. The molecule has 0 aliphatic carbocycles. The molecule has 48 valence electrons. The van der Waals surface area contributed by atoms with Crippen molar-refractivity contribution in [2.24, 2.45) is 0 Å². The summed E-state index contributed by atoms with van der Waals surface area (Å²) in [5.41, 5.74) is 1.47. The lowest BCUT2D eigenvalue weighted by atomic mass is 10.2. The monoisotopic (exact) mass is 121 g/mol. The van der Waals surface area contributed by atoms with E-state index < -0.39 is 0 Å². The quantitative estimate of drug-likeness (QED) is 0.402. The number of nitrogens with one attached hydrogen (secondary N) is 1. The summed E-state index contributed by atoms with van der Waals surface area (Å²) in [5.74, 6) is 2.59. The van der Waals surface area contributed by atoms with Crippen LogP contribution in [0.15, 0.2) is 11.6 Å². The normalized spacial score (nSPS) is 22.3. The molecular formula is C8H11N. The minimum absolute atomic E-state index is 0.789. The molecule has 1 heteroatoms. The molecule has 0 spiro atoms. The van der Waals surface area contributed by atoms with Gasteiger partial charge in [0.05, 0.1) is 0 Å². The second-order valence-corrected chi connectivity index (χ2v) is 2.20. The molecule has 0 amide bonds. The van der Waals surface area contributed by atoms with Gasteiger partial charge in [0.2, 0.25) is 0 Å². The topological polar surface area (TPSA) is 12.0 Å².